The molecule has 0 aromatic carbocycles. The second kappa shape index (κ2) is 8.17. The highest BCUT2D eigenvalue weighted by Gasteiger charge is 2.17. The van der Waals surface area contributed by atoms with Crippen LogP contribution in [0.5, 0.6) is 0 Å². The van der Waals surface area contributed by atoms with Gasteiger partial charge in [0.05, 0.1) is 12.0 Å². The largest absolute Gasteiger partial charge is 0.461 e. The van der Waals surface area contributed by atoms with Gasteiger partial charge in [-0.1, -0.05) is 17.8 Å². The third-order valence-electron chi connectivity index (χ3n) is 3.52. The summed E-state index contributed by atoms with van der Waals surface area (Å²) in [6.45, 7) is 4.93. The van der Waals surface area contributed by atoms with Crippen LogP contribution in [-0.4, -0.2) is 38.4 Å². The van der Waals surface area contributed by atoms with Crippen LogP contribution >= 0.6 is 23.1 Å². The molecule has 0 aliphatic rings. The maximum atomic E-state index is 12.4. The lowest BCUT2D eigenvalue weighted by molar-refractivity contribution is -0.127. The van der Waals surface area contributed by atoms with E-state index in [1.54, 1.807) is 34.6 Å². The molecular weight excluding hydrogens is 356 g/mol. The van der Waals surface area contributed by atoms with Crippen molar-refractivity contribution in [2.24, 2.45) is 0 Å². The first-order valence-corrected chi connectivity index (χ1v) is 9.57. The molecule has 6 nitrogen and oxygen atoms in total. The van der Waals surface area contributed by atoms with Crippen LogP contribution in [0.4, 0.5) is 0 Å². The number of thioether (sulfide) groups is 1. The van der Waals surface area contributed by atoms with E-state index in [9.17, 15) is 4.79 Å². The second-order valence-electron chi connectivity index (χ2n) is 5.35. The van der Waals surface area contributed by atoms with Gasteiger partial charge in [-0.25, -0.2) is 0 Å². The molecule has 1 amide bonds. The maximum Gasteiger partial charge on any atom is 0.233 e. The van der Waals surface area contributed by atoms with Gasteiger partial charge in [-0.2, -0.15) is 11.3 Å². The van der Waals surface area contributed by atoms with E-state index in [1.807, 2.05) is 34.5 Å². The Bertz CT molecular complexity index is 825. The lowest BCUT2D eigenvalue weighted by Crippen LogP contribution is -2.27. The SMILES string of the molecule is C=CCn1c(SCC(=O)N(C)Cc2ccsc2)nnc1-c1ccco1. The summed E-state index contributed by atoms with van der Waals surface area (Å²) in [5.41, 5.74) is 1.14. The van der Waals surface area contributed by atoms with Gasteiger partial charge >= 0.3 is 0 Å². The van der Waals surface area contributed by atoms with Crippen molar-refractivity contribution in [2.75, 3.05) is 12.8 Å². The molecule has 0 spiro atoms. The van der Waals surface area contributed by atoms with Crippen molar-refractivity contribution < 1.29 is 9.21 Å². The molecule has 3 aromatic heterocycles. The number of nitrogens with zero attached hydrogens (tertiary/aromatic N) is 4. The zero-order valence-corrected chi connectivity index (χ0v) is 15.4. The van der Waals surface area contributed by atoms with Crippen molar-refractivity contribution >= 4 is 29.0 Å². The minimum absolute atomic E-state index is 0.0453. The first-order chi connectivity index (χ1) is 12.2. The summed E-state index contributed by atoms with van der Waals surface area (Å²) in [4.78, 5) is 14.1. The van der Waals surface area contributed by atoms with E-state index in [2.05, 4.69) is 16.8 Å². The molecule has 0 saturated carbocycles. The Hall–Kier alpha value is -2.32. The van der Waals surface area contributed by atoms with Crippen LogP contribution in [0, 0.1) is 0 Å². The van der Waals surface area contributed by atoms with Gasteiger partial charge in [0.2, 0.25) is 11.7 Å². The van der Waals surface area contributed by atoms with Crippen LogP contribution in [0.25, 0.3) is 11.6 Å². The van der Waals surface area contributed by atoms with Gasteiger partial charge in [0, 0.05) is 20.1 Å². The zero-order valence-electron chi connectivity index (χ0n) is 13.8. The third-order valence-corrected chi connectivity index (χ3v) is 5.20. The molecule has 0 bridgehead atoms. The predicted octanol–water partition coefficient (Wildman–Crippen LogP) is 3.54. The summed E-state index contributed by atoms with van der Waals surface area (Å²) in [5, 5.41) is 13.1. The van der Waals surface area contributed by atoms with Crippen molar-refractivity contribution in [3.63, 3.8) is 0 Å². The van der Waals surface area contributed by atoms with Crippen LogP contribution in [0.15, 0.2) is 57.5 Å². The topological polar surface area (TPSA) is 64.2 Å². The quantitative estimate of drug-likeness (QED) is 0.446. The molecule has 25 heavy (non-hydrogen) atoms. The molecule has 3 rings (SSSR count). The number of hydrogen-bond donors (Lipinski definition) is 0. The molecule has 0 aliphatic heterocycles. The number of hydrogen-bond acceptors (Lipinski definition) is 6. The average molecular weight is 374 g/mol. The van der Waals surface area contributed by atoms with Crippen molar-refractivity contribution in [3.8, 4) is 11.6 Å². The molecule has 0 radical (unpaired) electrons. The number of thiophene rings is 1. The number of carbonyl (C=O) groups is 1. The van der Waals surface area contributed by atoms with Crippen LogP contribution in [-0.2, 0) is 17.9 Å². The molecule has 0 aliphatic carbocycles. The van der Waals surface area contributed by atoms with E-state index in [4.69, 9.17) is 4.42 Å². The molecular formula is C17H18N4O2S2. The molecule has 0 fully saturated rings. The number of rotatable bonds is 8. The van der Waals surface area contributed by atoms with E-state index in [0.29, 0.717) is 35.6 Å². The predicted molar refractivity (Wildman–Crippen MR) is 99.4 cm³/mol. The molecule has 0 N–H and O–H groups in total. The highest BCUT2D eigenvalue weighted by atomic mass is 32.2. The van der Waals surface area contributed by atoms with Gasteiger partial charge in [-0.3, -0.25) is 9.36 Å². The minimum Gasteiger partial charge on any atom is -0.461 e. The fourth-order valence-corrected chi connectivity index (χ4v) is 3.81. The monoisotopic (exact) mass is 374 g/mol. The van der Waals surface area contributed by atoms with Crippen LogP contribution in [0.3, 0.4) is 0 Å². The molecule has 3 aromatic rings. The fraction of sp³-hybridized carbons (Fsp3) is 0.235. The molecule has 0 atom stereocenters. The van der Waals surface area contributed by atoms with Crippen molar-refractivity contribution in [2.45, 2.75) is 18.2 Å². The Labute approximate surface area is 154 Å². The van der Waals surface area contributed by atoms with E-state index in [0.717, 1.165) is 5.56 Å². The summed E-state index contributed by atoms with van der Waals surface area (Å²) in [7, 11) is 1.81. The molecule has 8 heteroatoms. The number of carbonyl (C=O) groups excluding carboxylic acids is 1. The van der Waals surface area contributed by atoms with Crippen LogP contribution in [0.2, 0.25) is 0 Å². The highest BCUT2D eigenvalue weighted by molar-refractivity contribution is 7.99. The lowest BCUT2D eigenvalue weighted by atomic mass is 10.3. The molecule has 0 saturated heterocycles. The van der Waals surface area contributed by atoms with E-state index in [-0.39, 0.29) is 5.91 Å². The number of aromatic nitrogens is 3. The van der Waals surface area contributed by atoms with Crippen molar-refractivity contribution in [1.82, 2.24) is 19.7 Å². The maximum absolute atomic E-state index is 12.4. The number of furan rings is 1. The van der Waals surface area contributed by atoms with E-state index < -0.39 is 0 Å². The van der Waals surface area contributed by atoms with Gasteiger partial charge in [-0.15, -0.1) is 16.8 Å². The van der Waals surface area contributed by atoms with Crippen LogP contribution < -0.4 is 0 Å². The summed E-state index contributed by atoms with van der Waals surface area (Å²) in [6.07, 6.45) is 3.36. The van der Waals surface area contributed by atoms with Gasteiger partial charge in [0.1, 0.15) is 0 Å². The summed E-state index contributed by atoms with van der Waals surface area (Å²) in [6, 6.07) is 5.66. The molecule has 130 valence electrons. The number of allylic oxidation sites excluding steroid dienone is 1. The van der Waals surface area contributed by atoms with Gasteiger partial charge in [0.25, 0.3) is 0 Å². The van der Waals surface area contributed by atoms with E-state index >= 15 is 0 Å². The Morgan fingerprint density at radius 3 is 3.04 bits per heavy atom. The Morgan fingerprint density at radius 1 is 1.48 bits per heavy atom. The number of amides is 1. The normalized spacial score (nSPS) is 10.8. The van der Waals surface area contributed by atoms with Crippen molar-refractivity contribution in [1.29, 1.82) is 0 Å². The molecule has 0 unspecified atom stereocenters. The van der Waals surface area contributed by atoms with Gasteiger partial charge in [0.15, 0.2) is 10.9 Å². The third kappa shape index (κ3) is 4.21. The zero-order chi connectivity index (χ0) is 17.6. The first-order valence-electron chi connectivity index (χ1n) is 7.65. The van der Waals surface area contributed by atoms with Gasteiger partial charge < -0.3 is 9.32 Å². The Morgan fingerprint density at radius 2 is 2.36 bits per heavy atom. The standard InChI is InChI=1S/C17H18N4O2S2/c1-3-7-21-16(14-5-4-8-23-14)18-19-17(21)25-12-15(22)20(2)10-13-6-9-24-11-13/h3-6,8-9,11H,1,7,10,12H2,2H3. The van der Waals surface area contributed by atoms with Gasteiger partial charge in [-0.05, 0) is 34.5 Å². The first kappa shape index (κ1) is 17.5. The van der Waals surface area contributed by atoms with Crippen LogP contribution in [0.1, 0.15) is 5.56 Å². The summed E-state index contributed by atoms with van der Waals surface area (Å²) < 4.78 is 7.29. The highest BCUT2D eigenvalue weighted by Crippen LogP contribution is 2.24. The fourth-order valence-electron chi connectivity index (χ4n) is 2.26. The minimum atomic E-state index is 0.0453. The second-order valence-corrected chi connectivity index (χ2v) is 7.08. The lowest BCUT2D eigenvalue weighted by Gasteiger charge is -2.16. The Balaban J connectivity index is 1.66. The summed E-state index contributed by atoms with van der Waals surface area (Å²) >= 11 is 2.99. The smallest absolute Gasteiger partial charge is 0.233 e. The molecule has 3 heterocycles. The van der Waals surface area contributed by atoms with E-state index in [1.165, 1.54) is 11.8 Å². The Kier molecular flexibility index (Phi) is 5.72. The summed E-state index contributed by atoms with van der Waals surface area (Å²) in [5.74, 6) is 1.62. The van der Waals surface area contributed by atoms with Crippen molar-refractivity contribution in [3.05, 3.63) is 53.4 Å². The average Bonchev–Trinajstić information content (AvgIpc) is 3.34.